The number of hydrogen-bond donors (Lipinski definition) is 2. The van der Waals surface area contributed by atoms with Gasteiger partial charge in [-0.1, -0.05) is 26.0 Å². The van der Waals surface area contributed by atoms with Crippen molar-refractivity contribution in [1.82, 2.24) is 4.98 Å². The molecule has 0 aliphatic rings. The minimum absolute atomic E-state index is 0.205. The third kappa shape index (κ3) is 3.95. The van der Waals surface area contributed by atoms with Crippen molar-refractivity contribution >= 4 is 17.3 Å². The molecule has 1 aromatic carbocycles. The van der Waals surface area contributed by atoms with Gasteiger partial charge < -0.3 is 15.8 Å². The van der Waals surface area contributed by atoms with Crippen LogP contribution in [-0.4, -0.2) is 17.5 Å². The number of carbonyl (C=O) groups is 1. The van der Waals surface area contributed by atoms with E-state index < -0.39 is 0 Å². The maximum atomic E-state index is 12.2. The summed E-state index contributed by atoms with van der Waals surface area (Å²) < 4.78 is 5.70. The number of pyridine rings is 1. The highest BCUT2D eigenvalue weighted by Crippen LogP contribution is 2.25. The van der Waals surface area contributed by atoms with Gasteiger partial charge >= 0.3 is 0 Å². The third-order valence-corrected chi connectivity index (χ3v) is 2.76. The molecule has 0 saturated heterocycles. The van der Waals surface area contributed by atoms with Gasteiger partial charge in [0.1, 0.15) is 5.75 Å². The molecular weight excluding hydrogens is 266 g/mol. The zero-order valence-corrected chi connectivity index (χ0v) is 12.2. The van der Waals surface area contributed by atoms with Crippen LogP contribution in [-0.2, 0) is 0 Å². The van der Waals surface area contributed by atoms with Crippen molar-refractivity contribution < 1.29 is 9.53 Å². The van der Waals surface area contributed by atoms with Crippen molar-refractivity contribution in [3.05, 3.63) is 48.3 Å². The summed E-state index contributed by atoms with van der Waals surface area (Å²) in [5, 5.41) is 2.78. The summed E-state index contributed by atoms with van der Waals surface area (Å²) in [6.45, 7) is 4.71. The van der Waals surface area contributed by atoms with Crippen LogP contribution in [0.3, 0.4) is 0 Å². The normalized spacial score (nSPS) is 10.4. The van der Waals surface area contributed by atoms with E-state index in [4.69, 9.17) is 10.5 Å². The lowest BCUT2D eigenvalue weighted by Gasteiger charge is -2.14. The molecule has 0 aliphatic carbocycles. The largest absolute Gasteiger partial charge is 0.491 e. The number of ether oxygens (including phenoxy) is 1. The van der Waals surface area contributed by atoms with E-state index in [0.717, 1.165) is 0 Å². The maximum Gasteiger partial charge on any atom is 0.276 e. The average molecular weight is 285 g/mol. The van der Waals surface area contributed by atoms with Crippen LogP contribution >= 0.6 is 0 Å². The number of carbonyl (C=O) groups excluding carboxylic acids is 1. The lowest BCUT2D eigenvalue weighted by Crippen LogP contribution is -2.16. The number of nitrogens with zero attached hydrogens (tertiary/aromatic N) is 1. The molecule has 5 heteroatoms. The molecule has 21 heavy (non-hydrogen) atoms. The quantitative estimate of drug-likeness (QED) is 0.885. The van der Waals surface area contributed by atoms with Crippen molar-refractivity contribution in [2.75, 3.05) is 17.7 Å². The van der Waals surface area contributed by atoms with E-state index in [1.807, 2.05) is 18.2 Å². The van der Waals surface area contributed by atoms with Gasteiger partial charge in [0, 0.05) is 6.20 Å². The summed E-state index contributed by atoms with van der Waals surface area (Å²) in [6, 6.07) is 10.6. The van der Waals surface area contributed by atoms with E-state index in [0.29, 0.717) is 29.6 Å². The van der Waals surface area contributed by atoms with Crippen LogP contribution in [0.1, 0.15) is 24.3 Å². The molecule has 2 rings (SSSR count). The number of nitrogens with one attached hydrogen (secondary N) is 1. The summed E-state index contributed by atoms with van der Waals surface area (Å²) in [4.78, 5) is 16.2. The molecule has 3 N–H and O–H groups in total. The van der Waals surface area contributed by atoms with E-state index >= 15 is 0 Å². The minimum Gasteiger partial charge on any atom is -0.491 e. The average Bonchev–Trinajstić information content (AvgIpc) is 2.46. The predicted octanol–water partition coefficient (Wildman–Crippen LogP) is 2.95. The standard InChI is InChI=1S/C16H19N3O2/c1-11(2)10-21-14-8-4-3-7-13(14)19-16(20)15-12(17)6-5-9-18-15/h3-9,11H,10,17H2,1-2H3,(H,19,20). The Labute approximate surface area is 124 Å². The number of anilines is 2. The van der Waals surface area contributed by atoms with E-state index in [1.54, 1.807) is 18.2 Å². The molecule has 0 aliphatic heterocycles. The number of nitrogens with two attached hydrogens (primary N) is 1. The Hall–Kier alpha value is -2.56. The van der Waals surface area contributed by atoms with Gasteiger partial charge in [0.2, 0.25) is 0 Å². The van der Waals surface area contributed by atoms with Gasteiger partial charge in [-0.15, -0.1) is 0 Å². The second kappa shape index (κ2) is 6.74. The first-order chi connectivity index (χ1) is 10.1. The number of amides is 1. The first-order valence-corrected chi connectivity index (χ1v) is 6.81. The molecular formula is C16H19N3O2. The van der Waals surface area contributed by atoms with Gasteiger partial charge in [0.15, 0.2) is 5.69 Å². The highest BCUT2D eigenvalue weighted by Gasteiger charge is 2.13. The Balaban J connectivity index is 2.16. The smallest absolute Gasteiger partial charge is 0.276 e. The molecule has 0 unspecified atom stereocenters. The Morgan fingerprint density at radius 1 is 1.29 bits per heavy atom. The number of hydrogen-bond acceptors (Lipinski definition) is 4. The maximum absolute atomic E-state index is 12.2. The zero-order chi connectivity index (χ0) is 15.2. The predicted molar refractivity (Wildman–Crippen MR) is 83.4 cm³/mol. The summed E-state index contributed by atoms with van der Waals surface area (Å²) >= 11 is 0. The molecule has 0 saturated carbocycles. The Kier molecular flexibility index (Phi) is 4.77. The first-order valence-electron chi connectivity index (χ1n) is 6.81. The van der Waals surface area contributed by atoms with Crippen LogP contribution < -0.4 is 15.8 Å². The minimum atomic E-state index is -0.353. The van der Waals surface area contributed by atoms with Crippen molar-refractivity contribution in [2.24, 2.45) is 5.92 Å². The van der Waals surface area contributed by atoms with Gasteiger partial charge in [-0.2, -0.15) is 0 Å². The van der Waals surface area contributed by atoms with Gasteiger partial charge in [-0.25, -0.2) is 4.98 Å². The first kappa shape index (κ1) is 14.8. The monoisotopic (exact) mass is 285 g/mol. The van der Waals surface area contributed by atoms with Gasteiger partial charge in [0.05, 0.1) is 18.0 Å². The SMILES string of the molecule is CC(C)COc1ccccc1NC(=O)c1ncccc1N. The van der Waals surface area contributed by atoms with E-state index in [9.17, 15) is 4.79 Å². The van der Waals surface area contributed by atoms with Crippen LogP contribution in [0.5, 0.6) is 5.75 Å². The molecule has 1 aromatic heterocycles. The van der Waals surface area contributed by atoms with Gasteiger partial charge in [-0.05, 0) is 30.2 Å². The fourth-order valence-corrected chi connectivity index (χ4v) is 1.74. The second-order valence-electron chi connectivity index (χ2n) is 5.10. The Morgan fingerprint density at radius 3 is 2.76 bits per heavy atom. The van der Waals surface area contributed by atoms with Crippen LogP contribution in [0.25, 0.3) is 0 Å². The van der Waals surface area contributed by atoms with Crippen molar-refractivity contribution in [3.63, 3.8) is 0 Å². The number of aromatic nitrogens is 1. The fraction of sp³-hybridized carbons (Fsp3) is 0.250. The summed E-state index contributed by atoms with van der Waals surface area (Å²) in [5.74, 6) is 0.683. The number of benzene rings is 1. The summed E-state index contributed by atoms with van der Waals surface area (Å²) in [6.07, 6.45) is 1.53. The van der Waals surface area contributed by atoms with Crippen LogP contribution in [0.15, 0.2) is 42.6 Å². The van der Waals surface area contributed by atoms with E-state index in [-0.39, 0.29) is 11.6 Å². The van der Waals surface area contributed by atoms with Crippen LogP contribution in [0, 0.1) is 5.92 Å². The number of para-hydroxylation sites is 2. The molecule has 110 valence electrons. The Morgan fingerprint density at radius 2 is 2.05 bits per heavy atom. The van der Waals surface area contributed by atoms with Gasteiger partial charge in [-0.3, -0.25) is 4.79 Å². The molecule has 0 atom stereocenters. The molecule has 0 radical (unpaired) electrons. The molecule has 5 nitrogen and oxygen atoms in total. The number of rotatable bonds is 5. The molecule has 2 aromatic rings. The molecule has 0 bridgehead atoms. The molecule has 1 heterocycles. The van der Waals surface area contributed by atoms with E-state index in [2.05, 4.69) is 24.1 Å². The van der Waals surface area contributed by atoms with Crippen LogP contribution in [0.4, 0.5) is 11.4 Å². The fourth-order valence-electron chi connectivity index (χ4n) is 1.74. The number of nitrogen functional groups attached to an aromatic ring is 1. The Bertz CT molecular complexity index is 626. The highest BCUT2D eigenvalue weighted by atomic mass is 16.5. The summed E-state index contributed by atoms with van der Waals surface area (Å²) in [7, 11) is 0. The topological polar surface area (TPSA) is 77.2 Å². The van der Waals surface area contributed by atoms with Gasteiger partial charge in [0.25, 0.3) is 5.91 Å². The summed E-state index contributed by atoms with van der Waals surface area (Å²) in [5.41, 5.74) is 6.91. The molecule has 0 spiro atoms. The third-order valence-electron chi connectivity index (χ3n) is 2.76. The van der Waals surface area contributed by atoms with Crippen molar-refractivity contribution in [2.45, 2.75) is 13.8 Å². The van der Waals surface area contributed by atoms with Crippen molar-refractivity contribution in [3.8, 4) is 5.75 Å². The lowest BCUT2D eigenvalue weighted by atomic mass is 10.2. The highest BCUT2D eigenvalue weighted by molar-refractivity contribution is 6.06. The second-order valence-corrected chi connectivity index (χ2v) is 5.10. The zero-order valence-electron chi connectivity index (χ0n) is 12.2. The lowest BCUT2D eigenvalue weighted by molar-refractivity contribution is 0.102. The van der Waals surface area contributed by atoms with Crippen LogP contribution in [0.2, 0.25) is 0 Å². The molecule has 0 fully saturated rings. The van der Waals surface area contributed by atoms with Crippen molar-refractivity contribution in [1.29, 1.82) is 0 Å². The molecule has 1 amide bonds. The van der Waals surface area contributed by atoms with E-state index in [1.165, 1.54) is 6.20 Å².